The number of rotatable bonds is 4. The number of nitrogens with one attached hydrogen (secondary N) is 1. The van der Waals surface area contributed by atoms with Crippen molar-refractivity contribution in [3.8, 4) is 0 Å². The summed E-state index contributed by atoms with van der Waals surface area (Å²) < 4.78 is 5.33. The second-order valence-corrected chi connectivity index (χ2v) is 4.31. The lowest BCUT2D eigenvalue weighted by molar-refractivity contribution is 0.187. The van der Waals surface area contributed by atoms with Crippen molar-refractivity contribution < 1.29 is 4.74 Å². The minimum atomic E-state index is 0.544. The molecule has 1 aliphatic rings. The summed E-state index contributed by atoms with van der Waals surface area (Å²) in [5.74, 6) is 1.44. The highest BCUT2D eigenvalue weighted by Gasteiger charge is 2.16. The SMILES string of the molecule is CCc1c(Cl)ncnc1NCC1CCOC1. The van der Waals surface area contributed by atoms with Crippen LogP contribution in [0.3, 0.4) is 0 Å². The molecular formula is C11H16ClN3O. The fraction of sp³-hybridized carbons (Fsp3) is 0.636. The van der Waals surface area contributed by atoms with Gasteiger partial charge in [-0.05, 0) is 12.8 Å². The van der Waals surface area contributed by atoms with Crippen LogP contribution in [0.15, 0.2) is 6.33 Å². The van der Waals surface area contributed by atoms with Gasteiger partial charge >= 0.3 is 0 Å². The molecule has 5 heteroatoms. The molecule has 16 heavy (non-hydrogen) atoms. The average Bonchev–Trinajstić information content (AvgIpc) is 2.79. The molecule has 0 aromatic carbocycles. The van der Waals surface area contributed by atoms with E-state index in [2.05, 4.69) is 22.2 Å². The number of nitrogens with zero attached hydrogens (tertiary/aromatic N) is 2. The number of hydrogen-bond acceptors (Lipinski definition) is 4. The van der Waals surface area contributed by atoms with Crippen LogP contribution >= 0.6 is 11.6 Å². The molecule has 0 spiro atoms. The van der Waals surface area contributed by atoms with Crippen molar-refractivity contribution >= 4 is 17.4 Å². The van der Waals surface area contributed by atoms with Crippen LogP contribution in [0.5, 0.6) is 0 Å². The van der Waals surface area contributed by atoms with Gasteiger partial charge in [0, 0.05) is 24.6 Å². The quantitative estimate of drug-likeness (QED) is 0.821. The van der Waals surface area contributed by atoms with Crippen molar-refractivity contribution in [3.05, 3.63) is 17.0 Å². The largest absolute Gasteiger partial charge is 0.381 e. The standard InChI is InChI=1S/C11H16ClN3O/c1-2-9-10(12)14-7-15-11(9)13-5-8-3-4-16-6-8/h7-8H,2-6H2,1H3,(H,13,14,15). The minimum absolute atomic E-state index is 0.544. The summed E-state index contributed by atoms with van der Waals surface area (Å²) in [4.78, 5) is 8.20. The first-order valence-electron chi connectivity index (χ1n) is 5.62. The van der Waals surface area contributed by atoms with Crippen LogP contribution in [0.4, 0.5) is 5.82 Å². The summed E-state index contributed by atoms with van der Waals surface area (Å²) in [7, 11) is 0. The van der Waals surface area contributed by atoms with Crippen LogP contribution in [0.1, 0.15) is 18.9 Å². The Morgan fingerprint density at radius 1 is 1.56 bits per heavy atom. The summed E-state index contributed by atoms with van der Waals surface area (Å²) in [6, 6.07) is 0. The Balaban J connectivity index is 2.00. The van der Waals surface area contributed by atoms with Gasteiger partial charge in [0.15, 0.2) is 0 Å². The molecule has 2 heterocycles. The van der Waals surface area contributed by atoms with Crippen LogP contribution in [0.25, 0.3) is 0 Å². The average molecular weight is 242 g/mol. The second kappa shape index (κ2) is 5.46. The van der Waals surface area contributed by atoms with Crippen LogP contribution < -0.4 is 5.32 Å². The Hall–Kier alpha value is -0.870. The molecule has 1 aliphatic heterocycles. The van der Waals surface area contributed by atoms with Crippen LogP contribution in [0, 0.1) is 5.92 Å². The lowest BCUT2D eigenvalue weighted by atomic mass is 10.1. The normalized spacial score (nSPS) is 20.0. The first kappa shape index (κ1) is 11.6. The summed E-state index contributed by atoms with van der Waals surface area (Å²) in [6.45, 7) is 4.65. The van der Waals surface area contributed by atoms with Crippen molar-refractivity contribution in [1.29, 1.82) is 0 Å². The van der Waals surface area contributed by atoms with Crippen LogP contribution in [-0.4, -0.2) is 29.7 Å². The van der Waals surface area contributed by atoms with E-state index in [1.165, 1.54) is 6.33 Å². The van der Waals surface area contributed by atoms with E-state index < -0.39 is 0 Å². The first-order valence-corrected chi connectivity index (χ1v) is 6.00. The van der Waals surface area contributed by atoms with Crippen molar-refractivity contribution in [1.82, 2.24) is 9.97 Å². The molecule has 1 fully saturated rings. The predicted octanol–water partition coefficient (Wildman–Crippen LogP) is 2.14. The molecule has 88 valence electrons. The van der Waals surface area contributed by atoms with Gasteiger partial charge in [0.1, 0.15) is 17.3 Å². The number of aromatic nitrogens is 2. The molecule has 0 saturated carbocycles. The summed E-state index contributed by atoms with van der Waals surface area (Å²) >= 11 is 6.01. The van der Waals surface area contributed by atoms with Gasteiger partial charge in [0.25, 0.3) is 0 Å². The zero-order valence-electron chi connectivity index (χ0n) is 9.37. The van der Waals surface area contributed by atoms with E-state index in [0.29, 0.717) is 11.1 Å². The fourth-order valence-electron chi connectivity index (χ4n) is 1.84. The maximum Gasteiger partial charge on any atom is 0.137 e. The van der Waals surface area contributed by atoms with E-state index in [4.69, 9.17) is 16.3 Å². The van der Waals surface area contributed by atoms with E-state index in [9.17, 15) is 0 Å². The van der Waals surface area contributed by atoms with Crippen molar-refractivity contribution in [3.63, 3.8) is 0 Å². The second-order valence-electron chi connectivity index (χ2n) is 3.96. The number of ether oxygens (including phenoxy) is 1. The Morgan fingerprint density at radius 3 is 3.12 bits per heavy atom. The molecule has 1 atom stereocenters. The molecule has 1 N–H and O–H groups in total. The Morgan fingerprint density at radius 2 is 2.44 bits per heavy atom. The Bertz CT molecular complexity index is 353. The van der Waals surface area contributed by atoms with Gasteiger partial charge in [-0.2, -0.15) is 0 Å². The van der Waals surface area contributed by atoms with Crippen molar-refractivity contribution in [2.75, 3.05) is 25.1 Å². The number of hydrogen-bond donors (Lipinski definition) is 1. The third-order valence-corrected chi connectivity index (χ3v) is 3.15. The lowest BCUT2D eigenvalue weighted by Crippen LogP contribution is -2.16. The van der Waals surface area contributed by atoms with Gasteiger partial charge in [-0.15, -0.1) is 0 Å². The van der Waals surface area contributed by atoms with Crippen LogP contribution in [0.2, 0.25) is 5.15 Å². The van der Waals surface area contributed by atoms with Gasteiger partial charge in [0.05, 0.1) is 6.61 Å². The van der Waals surface area contributed by atoms with Gasteiger partial charge < -0.3 is 10.1 Å². The van der Waals surface area contributed by atoms with E-state index in [-0.39, 0.29) is 0 Å². The Kier molecular flexibility index (Phi) is 3.96. The molecule has 0 amide bonds. The summed E-state index contributed by atoms with van der Waals surface area (Å²) in [5.41, 5.74) is 0.989. The highest BCUT2D eigenvalue weighted by Crippen LogP contribution is 2.21. The molecule has 1 unspecified atom stereocenters. The summed E-state index contributed by atoms with van der Waals surface area (Å²) in [6.07, 6.45) is 3.45. The monoisotopic (exact) mass is 241 g/mol. The van der Waals surface area contributed by atoms with Crippen LogP contribution in [-0.2, 0) is 11.2 Å². The minimum Gasteiger partial charge on any atom is -0.381 e. The van der Waals surface area contributed by atoms with E-state index in [1.54, 1.807) is 0 Å². The summed E-state index contributed by atoms with van der Waals surface area (Å²) in [5, 5.41) is 3.88. The Labute approximate surface area is 100 Å². The fourth-order valence-corrected chi connectivity index (χ4v) is 2.11. The maximum absolute atomic E-state index is 6.01. The zero-order chi connectivity index (χ0) is 11.4. The number of anilines is 1. The zero-order valence-corrected chi connectivity index (χ0v) is 10.1. The van der Waals surface area contributed by atoms with E-state index >= 15 is 0 Å². The molecular weight excluding hydrogens is 226 g/mol. The molecule has 1 aromatic heterocycles. The number of halogens is 1. The first-order chi connectivity index (χ1) is 7.81. The molecule has 0 radical (unpaired) electrons. The third-order valence-electron chi connectivity index (χ3n) is 2.83. The molecule has 2 rings (SSSR count). The van der Waals surface area contributed by atoms with Crippen molar-refractivity contribution in [2.24, 2.45) is 5.92 Å². The lowest BCUT2D eigenvalue weighted by Gasteiger charge is -2.13. The van der Waals surface area contributed by atoms with E-state index in [1.807, 2.05) is 0 Å². The molecule has 4 nitrogen and oxygen atoms in total. The van der Waals surface area contributed by atoms with Gasteiger partial charge in [-0.25, -0.2) is 9.97 Å². The molecule has 1 aromatic rings. The molecule has 1 saturated heterocycles. The van der Waals surface area contributed by atoms with E-state index in [0.717, 1.165) is 44.0 Å². The maximum atomic E-state index is 6.01. The highest BCUT2D eigenvalue weighted by molar-refractivity contribution is 6.30. The molecule has 0 bridgehead atoms. The van der Waals surface area contributed by atoms with Gasteiger partial charge in [-0.3, -0.25) is 0 Å². The van der Waals surface area contributed by atoms with Gasteiger partial charge in [0.2, 0.25) is 0 Å². The third kappa shape index (κ3) is 2.62. The topological polar surface area (TPSA) is 47.0 Å². The molecule has 0 aliphatic carbocycles. The predicted molar refractivity (Wildman–Crippen MR) is 63.8 cm³/mol. The smallest absolute Gasteiger partial charge is 0.137 e. The van der Waals surface area contributed by atoms with Gasteiger partial charge in [-0.1, -0.05) is 18.5 Å². The van der Waals surface area contributed by atoms with Crippen molar-refractivity contribution in [2.45, 2.75) is 19.8 Å². The highest BCUT2D eigenvalue weighted by atomic mass is 35.5.